The summed E-state index contributed by atoms with van der Waals surface area (Å²) in [6.07, 6.45) is -0.428. The van der Waals surface area contributed by atoms with Crippen molar-refractivity contribution in [3.05, 3.63) is 101 Å². The van der Waals surface area contributed by atoms with E-state index in [0.29, 0.717) is 18.4 Å². The van der Waals surface area contributed by atoms with Gasteiger partial charge in [0.15, 0.2) is 0 Å². The van der Waals surface area contributed by atoms with E-state index in [1.54, 1.807) is 0 Å². The molecule has 0 aliphatic rings. The van der Waals surface area contributed by atoms with Crippen molar-refractivity contribution in [2.75, 3.05) is 11.9 Å². The molecule has 0 saturated carbocycles. The molecule has 0 radical (unpaired) electrons. The number of para-hydroxylation sites is 1. The predicted molar refractivity (Wildman–Crippen MR) is 132 cm³/mol. The Morgan fingerprint density at radius 2 is 1.34 bits per heavy atom. The van der Waals surface area contributed by atoms with Crippen LogP contribution in [-0.2, 0) is 11.3 Å². The van der Waals surface area contributed by atoms with Crippen LogP contribution < -0.4 is 10.6 Å². The lowest BCUT2D eigenvalue weighted by Gasteiger charge is -2.22. The molecule has 0 spiro atoms. The number of anilines is 1. The normalized spacial score (nSPS) is 12.1. The molecule has 3 aromatic rings. The first-order chi connectivity index (χ1) is 15.5. The summed E-state index contributed by atoms with van der Waals surface area (Å²) in [5, 5.41) is 6.56. The van der Waals surface area contributed by atoms with Crippen LogP contribution in [0.1, 0.15) is 67.8 Å². The Kier molecular flexibility index (Phi) is 8.46. The number of hydrogen-bond donors (Lipinski definition) is 2. The van der Waals surface area contributed by atoms with Crippen LogP contribution in [0.4, 0.5) is 10.5 Å². The molecule has 3 aromatic carbocycles. The molecule has 4 heteroatoms. The van der Waals surface area contributed by atoms with Gasteiger partial charge in [-0.25, -0.2) is 4.79 Å². The van der Waals surface area contributed by atoms with E-state index < -0.39 is 6.09 Å². The zero-order valence-electron chi connectivity index (χ0n) is 19.5. The van der Waals surface area contributed by atoms with Gasteiger partial charge in [0, 0.05) is 6.54 Å². The Labute approximate surface area is 192 Å². The van der Waals surface area contributed by atoms with Crippen molar-refractivity contribution < 1.29 is 9.53 Å². The quantitative estimate of drug-likeness (QED) is 0.384. The molecule has 0 heterocycles. The van der Waals surface area contributed by atoms with Gasteiger partial charge in [-0.1, -0.05) is 107 Å². The van der Waals surface area contributed by atoms with E-state index in [1.165, 1.54) is 5.56 Å². The lowest BCUT2D eigenvalue weighted by Crippen LogP contribution is -2.28. The fraction of sp³-hybridized carbons (Fsp3) is 0.321. The first-order valence-electron chi connectivity index (χ1n) is 11.3. The summed E-state index contributed by atoms with van der Waals surface area (Å²) in [6.45, 7) is 9.47. The molecule has 1 atom stereocenters. The first kappa shape index (κ1) is 23.6. The number of nitrogens with one attached hydrogen (secondary N) is 2. The van der Waals surface area contributed by atoms with Gasteiger partial charge in [0.25, 0.3) is 0 Å². The summed E-state index contributed by atoms with van der Waals surface area (Å²) in [6, 6.07) is 26.4. The van der Waals surface area contributed by atoms with Crippen LogP contribution in [0.5, 0.6) is 0 Å². The van der Waals surface area contributed by atoms with E-state index in [-0.39, 0.29) is 12.6 Å². The Morgan fingerprint density at radius 1 is 0.781 bits per heavy atom. The molecule has 1 unspecified atom stereocenters. The molecule has 0 aliphatic heterocycles. The minimum atomic E-state index is -0.428. The average molecular weight is 431 g/mol. The highest BCUT2D eigenvalue weighted by Gasteiger charge is 2.18. The topological polar surface area (TPSA) is 50.4 Å². The maximum Gasteiger partial charge on any atom is 0.411 e. The summed E-state index contributed by atoms with van der Waals surface area (Å²) in [5.41, 5.74) is 5.38. The molecule has 2 N–H and O–H groups in total. The molecular weight excluding hydrogens is 396 g/mol. The van der Waals surface area contributed by atoms with Crippen LogP contribution in [0.3, 0.4) is 0 Å². The van der Waals surface area contributed by atoms with E-state index in [0.717, 1.165) is 22.4 Å². The minimum Gasteiger partial charge on any atom is -0.447 e. The van der Waals surface area contributed by atoms with Crippen molar-refractivity contribution in [3.8, 4) is 0 Å². The summed E-state index contributed by atoms with van der Waals surface area (Å²) >= 11 is 0. The molecule has 0 fully saturated rings. The van der Waals surface area contributed by atoms with Crippen LogP contribution in [-0.4, -0.2) is 12.7 Å². The smallest absolute Gasteiger partial charge is 0.411 e. The Morgan fingerprint density at radius 3 is 1.91 bits per heavy atom. The Hall–Kier alpha value is -3.11. The number of benzene rings is 3. The van der Waals surface area contributed by atoms with E-state index in [9.17, 15) is 4.79 Å². The second-order valence-electron chi connectivity index (χ2n) is 8.67. The van der Waals surface area contributed by atoms with Crippen molar-refractivity contribution in [1.82, 2.24) is 5.32 Å². The summed E-state index contributed by atoms with van der Waals surface area (Å²) in [5.74, 6) is 0.599. The lowest BCUT2D eigenvalue weighted by atomic mass is 9.93. The third-order valence-corrected chi connectivity index (χ3v) is 5.58. The van der Waals surface area contributed by atoms with E-state index in [4.69, 9.17) is 4.74 Å². The average Bonchev–Trinajstić information content (AvgIpc) is 2.80. The third-order valence-electron chi connectivity index (χ3n) is 5.58. The second kappa shape index (κ2) is 11.5. The standard InChI is InChI=1S/C28H34N2O2/c1-20(2)24-16-11-17-25(21(3)4)27(24)30-28(31)32-19-26(23-14-9-6-10-15-23)29-18-22-12-7-5-8-13-22/h5-17,20-21,26,29H,18-19H2,1-4H3,(H,30,31). The predicted octanol–water partition coefficient (Wildman–Crippen LogP) is 7.01. The maximum atomic E-state index is 12.8. The van der Waals surface area contributed by atoms with Crippen LogP contribution >= 0.6 is 0 Å². The van der Waals surface area contributed by atoms with Gasteiger partial charge in [-0.05, 0) is 34.1 Å². The molecule has 0 bridgehead atoms. The highest BCUT2D eigenvalue weighted by Crippen LogP contribution is 2.32. The number of hydrogen-bond acceptors (Lipinski definition) is 3. The van der Waals surface area contributed by atoms with Gasteiger partial charge in [-0.15, -0.1) is 0 Å². The maximum absolute atomic E-state index is 12.8. The third kappa shape index (κ3) is 6.44. The lowest BCUT2D eigenvalue weighted by molar-refractivity contribution is 0.147. The van der Waals surface area contributed by atoms with Gasteiger partial charge >= 0.3 is 6.09 Å². The van der Waals surface area contributed by atoms with E-state index in [2.05, 4.69) is 80.8 Å². The number of amides is 1. The number of carbonyl (C=O) groups is 1. The first-order valence-corrected chi connectivity index (χ1v) is 11.3. The van der Waals surface area contributed by atoms with Crippen LogP contribution in [0.2, 0.25) is 0 Å². The largest absolute Gasteiger partial charge is 0.447 e. The highest BCUT2D eigenvalue weighted by molar-refractivity contribution is 5.87. The molecule has 3 rings (SSSR count). The summed E-state index contributed by atoms with van der Waals surface area (Å²) in [7, 11) is 0. The van der Waals surface area contributed by atoms with Crippen molar-refractivity contribution in [2.45, 2.75) is 52.1 Å². The van der Waals surface area contributed by atoms with Gasteiger partial charge in [-0.2, -0.15) is 0 Å². The van der Waals surface area contributed by atoms with Crippen molar-refractivity contribution in [3.63, 3.8) is 0 Å². The van der Waals surface area contributed by atoms with Crippen molar-refractivity contribution in [2.24, 2.45) is 0 Å². The summed E-state index contributed by atoms with van der Waals surface area (Å²) in [4.78, 5) is 12.8. The molecule has 1 amide bonds. The van der Waals surface area contributed by atoms with Gasteiger partial charge in [-0.3, -0.25) is 5.32 Å². The Bertz CT molecular complexity index is 959. The fourth-order valence-electron chi connectivity index (χ4n) is 3.79. The van der Waals surface area contributed by atoms with Crippen LogP contribution in [0.15, 0.2) is 78.9 Å². The highest BCUT2D eigenvalue weighted by atomic mass is 16.5. The minimum absolute atomic E-state index is 0.105. The van der Waals surface area contributed by atoms with E-state index in [1.807, 2.05) is 36.4 Å². The van der Waals surface area contributed by atoms with Gasteiger partial charge in [0.05, 0.1) is 11.7 Å². The summed E-state index contributed by atoms with van der Waals surface area (Å²) < 4.78 is 5.71. The second-order valence-corrected chi connectivity index (χ2v) is 8.67. The molecular formula is C28H34N2O2. The molecule has 32 heavy (non-hydrogen) atoms. The van der Waals surface area contributed by atoms with Gasteiger partial charge in [0.2, 0.25) is 0 Å². The fourth-order valence-corrected chi connectivity index (χ4v) is 3.79. The number of carbonyl (C=O) groups excluding carboxylic acids is 1. The van der Waals surface area contributed by atoms with Gasteiger partial charge in [0.1, 0.15) is 6.61 Å². The zero-order chi connectivity index (χ0) is 22.9. The molecule has 0 aromatic heterocycles. The van der Waals surface area contributed by atoms with Gasteiger partial charge < -0.3 is 10.1 Å². The van der Waals surface area contributed by atoms with Crippen LogP contribution in [0, 0.1) is 0 Å². The molecule has 0 aliphatic carbocycles. The monoisotopic (exact) mass is 430 g/mol. The number of rotatable bonds is 9. The number of ether oxygens (including phenoxy) is 1. The van der Waals surface area contributed by atoms with Crippen LogP contribution in [0.25, 0.3) is 0 Å². The Balaban J connectivity index is 1.70. The van der Waals surface area contributed by atoms with E-state index >= 15 is 0 Å². The molecule has 0 saturated heterocycles. The van der Waals surface area contributed by atoms with Crippen molar-refractivity contribution >= 4 is 11.8 Å². The molecule has 4 nitrogen and oxygen atoms in total. The zero-order valence-corrected chi connectivity index (χ0v) is 19.5. The SMILES string of the molecule is CC(C)c1cccc(C(C)C)c1NC(=O)OCC(NCc1ccccc1)c1ccccc1. The van der Waals surface area contributed by atoms with Crippen molar-refractivity contribution in [1.29, 1.82) is 0 Å². The molecule has 168 valence electrons.